The van der Waals surface area contributed by atoms with Crippen molar-refractivity contribution < 1.29 is 0 Å². The molecule has 0 radical (unpaired) electrons. The molecular formula is C11H14ClN3. The fourth-order valence-corrected chi connectivity index (χ4v) is 1.66. The second-order valence-corrected chi connectivity index (χ2v) is 3.93. The van der Waals surface area contributed by atoms with Gasteiger partial charge in [0.05, 0.1) is 23.2 Å². The average Bonchev–Trinajstić information content (AvgIpc) is 2.20. The Bertz CT molecular complexity index is 357. The third kappa shape index (κ3) is 3.10. The second kappa shape index (κ2) is 5.57. The predicted molar refractivity (Wildman–Crippen MR) is 62.0 cm³/mol. The van der Waals surface area contributed by atoms with Crippen molar-refractivity contribution >= 4 is 17.3 Å². The Kier molecular flexibility index (Phi) is 4.38. The minimum Gasteiger partial charge on any atom is -0.367 e. The van der Waals surface area contributed by atoms with Crippen LogP contribution in [0.3, 0.4) is 0 Å². The normalized spacial score (nSPS) is 10.1. The molecule has 0 amide bonds. The Labute approximate surface area is 95.3 Å². The Morgan fingerprint density at radius 1 is 1.60 bits per heavy atom. The van der Waals surface area contributed by atoms with Gasteiger partial charge in [0.1, 0.15) is 0 Å². The van der Waals surface area contributed by atoms with E-state index in [2.05, 4.69) is 29.8 Å². The van der Waals surface area contributed by atoms with Crippen LogP contribution in [0.15, 0.2) is 18.5 Å². The molecule has 3 nitrogen and oxygen atoms in total. The maximum absolute atomic E-state index is 8.59. The van der Waals surface area contributed by atoms with Crippen LogP contribution in [0.5, 0.6) is 0 Å². The summed E-state index contributed by atoms with van der Waals surface area (Å²) in [7, 11) is 0. The number of aromatic nitrogens is 1. The molecule has 0 unspecified atom stereocenters. The topological polar surface area (TPSA) is 39.9 Å². The van der Waals surface area contributed by atoms with E-state index in [-0.39, 0.29) is 0 Å². The van der Waals surface area contributed by atoms with Crippen LogP contribution in [0.1, 0.15) is 20.3 Å². The first-order chi connectivity index (χ1) is 7.16. The van der Waals surface area contributed by atoms with Gasteiger partial charge in [0.2, 0.25) is 0 Å². The minimum atomic E-state index is 0.318. The molecule has 0 N–H and O–H groups in total. The molecule has 0 spiro atoms. The Morgan fingerprint density at radius 2 is 2.33 bits per heavy atom. The van der Waals surface area contributed by atoms with Crippen LogP contribution in [0.4, 0.5) is 5.69 Å². The molecule has 0 fully saturated rings. The average molecular weight is 224 g/mol. The van der Waals surface area contributed by atoms with Crippen LogP contribution in [0, 0.1) is 11.3 Å². The first kappa shape index (κ1) is 11.8. The quantitative estimate of drug-likeness (QED) is 0.788. The maximum atomic E-state index is 8.59. The molecule has 0 bridgehead atoms. The summed E-state index contributed by atoms with van der Waals surface area (Å²) >= 11 is 6.05. The number of hydrogen-bond donors (Lipinski definition) is 0. The molecule has 0 saturated heterocycles. The Hall–Kier alpha value is -1.27. The molecule has 80 valence electrons. The molecule has 0 atom stereocenters. The van der Waals surface area contributed by atoms with Gasteiger partial charge < -0.3 is 4.90 Å². The highest BCUT2D eigenvalue weighted by Crippen LogP contribution is 2.25. The van der Waals surface area contributed by atoms with Gasteiger partial charge in [-0.1, -0.05) is 11.6 Å². The molecule has 1 aromatic heterocycles. The fourth-order valence-electron chi connectivity index (χ4n) is 1.43. The van der Waals surface area contributed by atoms with Crippen molar-refractivity contribution in [1.29, 1.82) is 5.26 Å². The van der Waals surface area contributed by atoms with E-state index < -0.39 is 0 Å². The van der Waals surface area contributed by atoms with Gasteiger partial charge in [-0.05, 0) is 19.9 Å². The molecule has 15 heavy (non-hydrogen) atoms. The largest absolute Gasteiger partial charge is 0.367 e. The number of nitriles is 1. The van der Waals surface area contributed by atoms with E-state index in [9.17, 15) is 0 Å². The molecule has 0 aliphatic heterocycles. The molecule has 0 aliphatic rings. The number of pyridine rings is 1. The van der Waals surface area contributed by atoms with E-state index >= 15 is 0 Å². The number of nitrogens with zero attached hydrogens (tertiary/aromatic N) is 3. The Balaban J connectivity index is 2.90. The van der Waals surface area contributed by atoms with Gasteiger partial charge in [0.15, 0.2) is 0 Å². The van der Waals surface area contributed by atoms with Gasteiger partial charge in [-0.3, -0.25) is 4.98 Å². The molecule has 1 rings (SSSR count). The summed E-state index contributed by atoms with van der Waals surface area (Å²) in [5.41, 5.74) is 0.942. The lowest BCUT2D eigenvalue weighted by atomic mass is 10.2. The first-order valence-electron chi connectivity index (χ1n) is 4.90. The fraction of sp³-hybridized carbons (Fsp3) is 0.455. The number of hydrogen-bond acceptors (Lipinski definition) is 3. The summed E-state index contributed by atoms with van der Waals surface area (Å²) in [6.07, 6.45) is 3.83. The van der Waals surface area contributed by atoms with Crippen molar-refractivity contribution in [2.45, 2.75) is 26.3 Å². The SMILES string of the molecule is CC(C)N(CCC#N)c1ccncc1Cl. The molecule has 0 saturated carbocycles. The monoisotopic (exact) mass is 223 g/mol. The van der Waals surface area contributed by atoms with Gasteiger partial charge in [-0.2, -0.15) is 5.26 Å². The van der Waals surface area contributed by atoms with E-state index in [4.69, 9.17) is 16.9 Å². The van der Waals surface area contributed by atoms with Gasteiger partial charge >= 0.3 is 0 Å². The lowest BCUT2D eigenvalue weighted by Crippen LogP contribution is -2.31. The highest BCUT2D eigenvalue weighted by molar-refractivity contribution is 6.33. The van der Waals surface area contributed by atoms with Crippen molar-refractivity contribution in [3.63, 3.8) is 0 Å². The summed E-state index contributed by atoms with van der Waals surface area (Å²) in [6, 6.07) is 4.33. The zero-order chi connectivity index (χ0) is 11.3. The third-order valence-electron chi connectivity index (χ3n) is 2.15. The summed E-state index contributed by atoms with van der Waals surface area (Å²) in [6.45, 7) is 4.85. The van der Waals surface area contributed by atoms with Crippen LogP contribution in [0.2, 0.25) is 5.02 Å². The van der Waals surface area contributed by atoms with E-state index in [1.165, 1.54) is 0 Å². The van der Waals surface area contributed by atoms with E-state index in [0.717, 1.165) is 5.69 Å². The van der Waals surface area contributed by atoms with Crippen molar-refractivity contribution in [2.75, 3.05) is 11.4 Å². The summed E-state index contributed by atoms with van der Waals surface area (Å²) in [5, 5.41) is 9.22. The van der Waals surface area contributed by atoms with Crippen molar-refractivity contribution in [3.8, 4) is 6.07 Å². The number of rotatable bonds is 4. The van der Waals surface area contributed by atoms with Crippen LogP contribution >= 0.6 is 11.6 Å². The zero-order valence-corrected chi connectivity index (χ0v) is 9.70. The molecule has 4 heteroatoms. The molecule has 0 aliphatic carbocycles. The van der Waals surface area contributed by atoms with Crippen molar-refractivity contribution in [2.24, 2.45) is 0 Å². The number of anilines is 1. The number of halogens is 1. The lowest BCUT2D eigenvalue weighted by Gasteiger charge is -2.28. The maximum Gasteiger partial charge on any atom is 0.0822 e. The molecule has 0 aromatic carbocycles. The first-order valence-corrected chi connectivity index (χ1v) is 5.27. The van der Waals surface area contributed by atoms with Crippen LogP contribution in [-0.2, 0) is 0 Å². The third-order valence-corrected chi connectivity index (χ3v) is 2.44. The van der Waals surface area contributed by atoms with Gasteiger partial charge in [0, 0.05) is 25.0 Å². The molecule has 1 aromatic rings. The standard InChI is InChI=1S/C11H14ClN3/c1-9(2)15(7-3-5-13)11-4-6-14-8-10(11)12/h4,6,8-9H,3,7H2,1-2H3. The molecular weight excluding hydrogens is 210 g/mol. The highest BCUT2D eigenvalue weighted by Gasteiger charge is 2.12. The van der Waals surface area contributed by atoms with Crippen molar-refractivity contribution in [3.05, 3.63) is 23.5 Å². The minimum absolute atomic E-state index is 0.318. The highest BCUT2D eigenvalue weighted by atomic mass is 35.5. The van der Waals surface area contributed by atoms with Crippen LogP contribution < -0.4 is 4.90 Å². The van der Waals surface area contributed by atoms with Crippen molar-refractivity contribution in [1.82, 2.24) is 4.98 Å². The second-order valence-electron chi connectivity index (χ2n) is 3.52. The predicted octanol–water partition coefficient (Wildman–Crippen LogP) is 2.86. The summed E-state index contributed by atoms with van der Waals surface area (Å²) < 4.78 is 0. The lowest BCUT2D eigenvalue weighted by molar-refractivity contribution is 0.686. The summed E-state index contributed by atoms with van der Waals surface area (Å²) in [4.78, 5) is 6.05. The zero-order valence-electron chi connectivity index (χ0n) is 8.94. The smallest absolute Gasteiger partial charge is 0.0822 e. The van der Waals surface area contributed by atoms with Gasteiger partial charge in [0.25, 0.3) is 0 Å². The van der Waals surface area contributed by atoms with Gasteiger partial charge in [-0.25, -0.2) is 0 Å². The van der Waals surface area contributed by atoms with Crippen LogP contribution in [-0.4, -0.2) is 17.6 Å². The van der Waals surface area contributed by atoms with E-state index in [1.807, 2.05) is 6.07 Å². The molecule has 1 heterocycles. The van der Waals surface area contributed by atoms with E-state index in [1.54, 1.807) is 12.4 Å². The Morgan fingerprint density at radius 3 is 2.87 bits per heavy atom. The van der Waals surface area contributed by atoms with Gasteiger partial charge in [-0.15, -0.1) is 0 Å². The van der Waals surface area contributed by atoms with E-state index in [0.29, 0.717) is 24.0 Å². The van der Waals surface area contributed by atoms with Crippen LogP contribution in [0.25, 0.3) is 0 Å². The summed E-state index contributed by atoms with van der Waals surface area (Å²) in [5.74, 6) is 0.